The van der Waals surface area contributed by atoms with Gasteiger partial charge in [-0.2, -0.15) is 18.3 Å². The summed E-state index contributed by atoms with van der Waals surface area (Å²) in [5.74, 6) is -0.481. The summed E-state index contributed by atoms with van der Waals surface area (Å²) in [5.41, 5.74) is 7.38. The Morgan fingerprint density at radius 1 is 1.04 bits per heavy atom. The first-order valence-corrected chi connectivity index (χ1v) is 8.83. The van der Waals surface area contributed by atoms with Gasteiger partial charge in [0.25, 0.3) is 5.91 Å². The van der Waals surface area contributed by atoms with E-state index in [1.54, 1.807) is 4.68 Å². The zero-order valence-electron chi connectivity index (χ0n) is 14.8. The number of nitrogens with one attached hydrogen (secondary N) is 2. The van der Waals surface area contributed by atoms with Crippen molar-refractivity contribution in [2.45, 2.75) is 25.4 Å². The molecule has 3 aromatic rings. The van der Waals surface area contributed by atoms with E-state index in [1.807, 2.05) is 30.3 Å². The molecule has 0 unspecified atom stereocenters. The number of amides is 1. The highest BCUT2D eigenvalue weighted by Gasteiger charge is 2.30. The molecule has 8 heteroatoms. The fourth-order valence-corrected chi connectivity index (χ4v) is 3.36. The molecule has 2 N–H and O–H groups in total. The maximum atomic E-state index is 12.8. The predicted molar refractivity (Wildman–Crippen MR) is 98.1 cm³/mol. The minimum Gasteiger partial charge on any atom is -0.298 e. The second-order valence-corrected chi connectivity index (χ2v) is 6.53. The summed E-state index contributed by atoms with van der Waals surface area (Å²) in [6.07, 6.45) is -1.95. The fourth-order valence-electron chi connectivity index (χ4n) is 3.36. The lowest BCUT2D eigenvalue weighted by Gasteiger charge is -2.11. The molecule has 4 rings (SSSR count). The van der Waals surface area contributed by atoms with E-state index in [-0.39, 0.29) is 11.4 Å². The topological polar surface area (TPSA) is 59.0 Å². The van der Waals surface area contributed by atoms with Crippen molar-refractivity contribution in [3.05, 3.63) is 77.1 Å². The third kappa shape index (κ3) is 3.45. The summed E-state index contributed by atoms with van der Waals surface area (Å²) < 4.78 is 40.2. The van der Waals surface area contributed by atoms with Crippen molar-refractivity contribution in [2.24, 2.45) is 0 Å². The molecule has 1 heterocycles. The largest absolute Gasteiger partial charge is 0.416 e. The highest BCUT2D eigenvalue weighted by atomic mass is 19.4. The Bertz CT molecular complexity index is 1010. The van der Waals surface area contributed by atoms with Crippen molar-refractivity contribution in [1.29, 1.82) is 0 Å². The summed E-state index contributed by atoms with van der Waals surface area (Å²) in [6.45, 7) is 0. The molecule has 1 amide bonds. The number of aromatic nitrogens is 2. The summed E-state index contributed by atoms with van der Waals surface area (Å²) in [4.78, 5) is 12.6. The van der Waals surface area contributed by atoms with E-state index in [4.69, 9.17) is 0 Å². The van der Waals surface area contributed by atoms with Gasteiger partial charge in [-0.05, 0) is 49.6 Å². The maximum absolute atomic E-state index is 12.8. The molecule has 0 saturated heterocycles. The Morgan fingerprint density at radius 3 is 2.57 bits per heavy atom. The van der Waals surface area contributed by atoms with Crippen LogP contribution in [-0.4, -0.2) is 15.7 Å². The van der Waals surface area contributed by atoms with Crippen LogP contribution in [0.15, 0.2) is 54.6 Å². The Hall–Kier alpha value is -3.29. The number of anilines is 1. The average Bonchev–Trinajstić information content (AvgIpc) is 3.29. The van der Waals surface area contributed by atoms with Gasteiger partial charge in [-0.3, -0.25) is 15.6 Å². The van der Waals surface area contributed by atoms with Crippen LogP contribution >= 0.6 is 0 Å². The molecule has 2 aromatic carbocycles. The van der Waals surface area contributed by atoms with Gasteiger partial charge in [0.1, 0.15) is 0 Å². The average molecular weight is 386 g/mol. The summed E-state index contributed by atoms with van der Waals surface area (Å²) in [7, 11) is 0. The van der Waals surface area contributed by atoms with E-state index in [0.717, 1.165) is 48.3 Å². The van der Waals surface area contributed by atoms with Crippen LogP contribution in [0.25, 0.3) is 5.69 Å². The maximum Gasteiger partial charge on any atom is 0.416 e. The van der Waals surface area contributed by atoms with Gasteiger partial charge >= 0.3 is 6.18 Å². The lowest BCUT2D eigenvalue weighted by Crippen LogP contribution is -2.30. The van der Waals surface area contributed by atoms with Crippen molar-refractivity contribution < 1.29 is 18.0 Å². The van der Waals surface area contributed by atoms with E-state index >= 15 is 0 Å². The van der Waals surface area contributed by atoms with E-state index in [1.165, 1.54) is 12.1 Å². The van der Waals surface area contributed by atoms with Crippen LogP contribution < -0.4 is 10.9 Å². The molecule has 0 bridgehead atoms. The van der Waals surface area contributed by atoms with Crippen molar-refractivity contribution in [1.82, 2.24) is 15.2 Å². The SMILES string of the molecule is O=C(NNc1cccc(C(F)(F)F)c1)c1nn(-c2ccccc2)c2c1CCC2. The van der Waals surface area contributed by atoms with E-state index in [9.17, 15) is 18.0 Å². The minimum atomic E-state index is -4.45. The zero-order chi connectivity index (χ0) is 19.7. The number of hydrogen-bond acceptors (Lipinski definition) is 3. The molecule has 5 nitrogen and oxygen atoms in total. The normalized spacial score (nSPS) is 13.2. The molecule has 0 radical (unpaired) electrons. The van der Waals surface area contributed by atoms with Gasteiger partial charge in [0.05, 0.1) is 16.9 Å². The van der Waals surface area contributed by atoms with Crippen LogP contribution in [0.4, 0.5) is 18.9 Å². The minimum absolute atomic E-state index is 0.141. The van der Waals surface area contributed by atoms with Gasteiger partial charge in [0.15, 0.2) is 5.69 Å². The number of carbonyl (C=O) groups excluding carboxylic acids is 1. The number of rotatable bonds is 4. The number of nitrogens with zero attached hydrogens (tertiary/aromatic N) is 2. The molecular weight excluding hydrogens is 369 g/mol. The first-order chi connectivity index (χ1) is 13.4. The fraction of sp³-hybridized carbons (Fsp3) is 0.200. The van der Waals surface area contributed by atoms with Crippen LogP contribution in [0.3, 0.4) is 0 Å². The van der Waals surface area contributed by atoms with Gasteiger partial charge in [-0.1, -0.05) is 24.3 Å². The number of alkyl halides is 3. The summed E-state index contributed by atoms with van der Waals surface area (Å²) in [5, 5.41) is 4.46. The van der Waals surface area contributed by atoms with Crippen molar-refractivity contribution in [2.75, 3.05) is 5.43 Å². The first-order valence-electron chi connectivity index (χ1n) is 8.83. The Labute approximate surface area is 159 Å². The number of halogens is 3. The molecule has 1 aromatic heterocycles. The van der Waals surface area contributed by atoms with Crippen LogP contribution in [-0.2, 0) is 19.0 Å². The second-order valence-electron chi connectivity index (χ2n) is 6.53. The standard InChI is InChI=1S/C20H17F3N4O/c21-20(22,23)13-6-4-7-14(12-13)24-25-19(28)18-16-10-5-11-17(16)27(26-18)15-8-2-1-3-9-15/h1-4,6-9,12,24H,5,10-11H2,(H,25,28). The van der Waals surface area contributed by atoms with Gasteiger partial charge < -0.3 is 0 Å². The number of hydrazine groups is 1. The lowest BCUT2D eigenvalue weighted by molar-refractivity contribution is -0.137. The summed E-state index contributed by atoms with van der Waals surface area (Å²) >= 11 is 0. The third-order valence-electron chi connectivity index (χ3n) is 4.66. The van der Waals surface area contributed by atoms with Crippen LogP contribution in [0, 0.1) is 0 Å². The van der Waals surface area contributed by atoms with Gasteiger partial charge in [0.2, 0.25) is 0 Å². The molecule has 0 aliphatic heterocycles. The summed E-state index contributed by atoms with van der Waals surface area (Å²) in [6, 6.07) is 14.2. The molecule has 0 atom stereocenters. The van der Waals surface area contributed by atoms with Gasteiger partial charge in [0, 0.05) is 11.3 Å². The Kier molecular flexibility index (Phi) is 4.54. The monoisotopic (exact) mass is 386 g/mol. The van der Waals surface area contributed by atoms with Crippen molar-refractivity contribution in [3.8, 4) is 5.69 Å². The Morgan fingerprint density at radius 2 is 1.82 bits per heavy atom. The van der Waals surface area contributed by atoms with E-state index in [0.29, 0.717) is 0 Å². The zero-order valence-corrected chi connectivity index (χ0v) is 14.8. The van der Waals surface area contributed by atoms with Crippen LogP contribution in [0.1, 0.15) is 33.7 Å². The molecular formula is C20H17F3N4O. The van der Waals surface area contributed by atoms with E-state index in [2.05, 4.69) is 16.0 Å². The highest BCUT2D eigenvalue weighted by molar-refractivity contribution is 5.95. The van der Waals surface area contributed by atoms with Crippen molar-refractivity contribution in [3.63, 3.8) is 0 Å². The first kappa shape index (κ1) is 18.1. The highest BCUT2D eigenvalue weighted by Crippen LogP contribution is 2.31. The number of fused-ring (bicyclic) bond motifs is 1. The number of para-hydroxylation sites is 1. The van der Waals surface area contributed by atoms with Crippen LogP contribution in [0.2, 0.25) is 0 Å². The Balaban J connectivity index is 1.55. The van der Waals surface area contributed by atoms with E-state index < -0.39 is 17.6 Å². The molecule has 1 aliphatic carbocycles. The molecule has 0 saturated carbocycles. The quantitative estimate of drug-likeness (QED) is 0.663. The smallest absolute Gasteiger partial charge is 0.298 e. The number of carbonyl (C=O) groups is 1. The van der Waals surface area contributed by atoms with Crippen LogP contribution in [0.5, 0.6) is 0 Å². The number of benzene rings is 2. The molecule has 1 aliphatic rings. The molecule has 144 valence electrons. The molecule has 0 fully saturated rings. The number of hydrogen-bond donors (Lipinski definition) is 2. The van der Waals surface area contributed by atoms with Gasteiger partial charge in [-0.25, -0.2) is 4.68 Å². The lowest BCUT2D eigenvalue weighted by atomic mass is 10.2. The predicted octanol–water partition coefficient (Wildman–Crippen LogP) is 4.14. The molecule has 0 spiro atoms. The third-order valence-corrected chi connectivity index (χ3v) is 4.66. The van der Waals surface area contributed by atoms with Gasteiger partial charge in [-0.15, -0.1) is 0 Å². The molecule has 28 heavy (non-hydrogen) atoms. The second kappa shape index (κ2) is 7.03. The van der Waals surface area contributed by atoms with Crippen molar-refractivity contribution >= 4 is 11.6 Å².